The van der Waals surface area contributed by atoms with Crippen LogP contribution in [0.25, 0.3) is 11.1 Å². The molecule has 1 aliphatic rings. The van der Waals surface area contributed by atoms with E-state index < -0.39 is 24.1 Å². The lowest BCUT2D eigenvalue weighted by atomic mass is 9.98. The average Bonchev–Trinajstić information content (AvgIpc) is 3.06. The number of benzene rings is 2. The molecule has 31 heavy (non-hydrogen) atoms. The van der Waals surface area contributed by atoms with Gasteiger partial charge >= 0.3 is 12.1 Å². The Morgan fingerprint density at radius 2 is 1.58 bits per heavy atom. The first-order valence-corrected chi connectivity index (χ1v) is 10.5. The van der Waals surface area contributed by atoms with E-state index in [1.165, 1.54) is 11.8 Å². The Bertz CT molecular complexity index is 928. The van der Waals surface area contributed by atoms with E-state index in [4.69, 9.17) is 9.84 Å². The molecular weight excluding hydrogens is 396 g/mol. The summed E-state index contributed by atoms with van der Waals surface area (Å²) in [4.78, 5) is 37.2. The van der Waals surface area contributed by atoms with Crippen LogP contribution in [0.15, 0.2) is 48.5 Å². The Hall–Kier alpha value is -3.35. The number of hydrogen-bond acceptors (Lipinski definition) is 4. The predicted molar refractivity (Wildman–Crippen MR) is 117 cm³/mol. The highest BCUT2D eigenvalue weighted by atomic mass is 16.5. The third-order valence-corrected chi connectivity index (χ3v) is 5.67. The monoisotopic (exact) mass is 424 g/mol. The third-order valence-electron chi connectivity index (χ3n) is 5.67. The summed E-state index contributed by atoms with van der Waals surface area (Å²) >= 11 is 0. The molecule has 7 nitrogen and oxygen atoms in total. The number of ether oxygens (including phenoxy) is 1. The maximum atomic E-state index is 12.4. The molecule has 0 aromatic heterocycles. The average molecular weight is 424 g/mol. The van der Waals surface area contributed by atoms with Crippen molar-refractivity contribution >= 4 is 18.0 Å². The van der Waals surface area contributed by atoms with Gasteiger partial charge in [0.1, 0.15) is 12.6 Å². The Balaban J connectivity index is 1.57. The number of carboxylic acid groups (broad SMARTS) is 1. The zero-order valence-corrected chi connectivity index (χ0v) is 18.0. The lowest BCUT2D eigenvalue weighted by Crippen LogP contribution is -2.46. The molecule has 2 aromatic carbocycles. The maximum Gasteiger partial charge on any atom is 0.407 e. The molecule has 2 N–H and O–H groups in total. The second-order valence-electron chi connectivity index (χ2n) is 7.77. The number of carboxylic acids is 1. The van der Waals surface area contributed by atoms with Crippen molar-refractivity contribution in [2.45, 2.75) is 45.2 Å². The Morgan fingerprint density at radius 3 is 2.10 bits per heavy atom. The van der Waals surface area contributed by atoms with Crippen molar-refractivity contribution in [3.63, 3.8) is 0 Å². The first kappa shape index (κ1) is 22.3. The van der Waals surface area contributed by atoms with Gasteiger partial charge in [0.2, 0.25) is 5.91 Å². The number of rotatable bonds is 8. The summed E-state index contributed by atoms with van der Waals surface area (Å²) in [6.07, 6.45) is -0.605. The first-order chi connectivity index (χ1) is 14.8. The maximum absolute atomic E-state index is 12.4. The standard InChI is InChI=1S/C24H28N2O5/c1-4-26(16(3)23(28)29)22(27)13-15(2)25-24(30)31-14-21-19-11-7-5-9-17(19)18-10-6-8-12-20(18)21/h5-12,15-16,21H,4,13-14H2,1-3H3,(H,25,30)(H,28,29)/t15-,16?/m0/s1. The van der Waals surface area contributed by atoms with Crippen LogP contribution in [0.3, 0.4) is 0 Å². The van der Waals surface area contributed by atoms with E-state index in [9.17, 15) is 14.4 Å². The topological polar surface area (TPSA) is 95.9 Å². The van der Waals surface area contributed by atoms with Crippen molar-refractivity contribution in [2.24, 2.45) is 0 Å². The highest BCUT2D eigenvalue weighted by Crippen LogP contribution is 2.44. The number of alkyl carbamates (subject to hydrolysis) is 1. The molecule has 2 atom stereocenters. The Labute approximate surface area is 182 Å². The van der Waals surface area contributed by atoms with Crippen LogP contribution in [-0.2, 0) is 14.3 Å². The Morgan fingerprint density at radius 1 is 1.03 bits per heavy atom. The van der Waals surface area contributed by atoms with Gasteiger partial charge in [0.15, 0.2) is 0 Å². The van der Waals surface area contributed by atoms with Crippen molar-refractivity contribution in [2.75, 3.05) is 13.2 Å². The van der Waals surface area contributed by atoms with E-state index in [2.05, 4.69) is 17.4 Å². The van der Waals surface area contributed by atoms with Crippen LogP contribution in [0.1, 0.15) is 44.2 Å². The number of carbonyl (C=O) groups excluding carboxylic acids is 2. The molecule has 0 saturated carbocycles. The molecule has 0 heterocycles. The van der Waals surface area contributed by atoms with Crippen LogP contribution >= 0.6 is 0 Å². The number of nitrogens with one attached hydrogen (secondary N) is 1. The molecule has 0 fully saturated rings. The van der Waals surface area contributed by atoms with Gasteiger partial charge in [-0.25, -0.2) is 9.59 Å². The molecule has 0 aliphatic heterocycles. The minimum absolute atomic E-state index is 0.00431. The number of hydrogen-bond donors (Lipinski definition) is 2. The summed E-state index contributed by atoms with van der Waals surface area (Å²) in [6, 6.07) is 14.8. The second kappa shape index (κ2) is 9.64. The van der Waals surface area contributed by atoms with Crippen molar-refractivity contribution in [3.8, 4) is 11.1 Å². The van der Waals surface area contributed by atoms with E-state index in [1.54, 1.807) is 13.8 Å². The van der Waals surface area contributed by atoms with E-state index in [-0.39, 0.29) is 31.4 Å². The van der Waals surface area contributed by atoms with Gasteiger partial charge in [0.25, 0.3) is 0 Å². The SMILES string of the molecule is CCN(C(=O)C[C@H](C)NC(=O)OCC1c2ccccc2-c2ccccc21)C(C)C(=O)O. The van der Waals surface area contributed by atoms with Crippen LogP contribution in [0.5, 0.6) is 0 Å². The van der Waals surface area contributed by atoms with Crippen LogP contribution in [0.2, 0.25) is 0 Å². The molecule has 2 amide bonds. The summed E-state index contributed by atoms with van der Waals surface area (Å²) < 4.78 is 5.50. The van der Waals surface area contributed by atoms with Crippen LogP contribution in [-0.4, -0.2) is 53.2 Å². The largest absolute Gasteiger partial charge is 0.480 e. The van der Waals surface area contributed by atoms with E-state index in [1.807, 2.05) is 36.4 Å². The summed E-state index contributed by atoms with van der Waals surface area (Å²) in [5, 5.41) is 11.8. The Kier molecular flexibility index (Phi) is 6.95. The lowest BCUT2D eigenvalue weighted by Gasteiger charge is -2.26. The van der Waals surface area contributed by atoms with Crippen molar-refractivity contribution < 1.29 is 24.2 Å². The molecule has 0 radical (unpaired) electrons. The van der Waals surface area contributed by atoms with Gasteiger partial charge in [0.05, 0.1) is 0 Å². The van der Waals surface area contributed by atoms with Gasteiger partial charge in [-0.15, -0.1) is 0 Å². The fourth-order valence-corrected chi connectivity index (χ4v) is 4.07. The minimum atomic E-state index is -1.06. The number of fused-ring (bicyclic) bond motifs is 3. The molecule has 3 rings (SSSR count). The summed E-state index contributed by atoms with van der Waals surface area (Å²) in [5.41, 5.74) is 4.55. The van der Waals surface area contributed by atoms with Gasteiger partial charge < -0.3 is 20.1 Å². The zero-order valence-electron chi connectivity index (χ0n) is 18.0. The molecule has 0 bridgehead atoms. The molecule has 0 spiro atoms. The fraction of sp³-hybridized carbons (Fsp3) is 0.375. The molecule has 1 aliphatic carbocycles. The molecule has 7 heteroatoms. The zero-order chi connectivity index (χ0) is 22.5. The van der Waals surface area contributed by atoms with Crippen molar-refractivity contribution in [1.29, 1.82) is 0 Å². The fourth-order valence-electron chi connectivity index (χ4n) is 4.07. The number of nitrogens with zero attached hydrogens (tertiary/aromatic N) is 1. The molecule has 0 saturated heterocycles. The summed E-state index contributed by atoms with van der Waals surface area (Å²) in [7, 11) is 0. The number of amides is 2. The van der Waals surface area contributed by atoms with Gasteiger partial charge in [-0.3, -0.25) is 4.79 Å². The normalized spacial score (nSPS) is 14.2. The summed E-state index contributed by atoms with van der Waals surface area (Å²) in [6.45, 7) is 5.36. The van der Waals surface area contributed by atoms with Crippen molar-refractivity contribution in [3.05, 3.63) is 59.7 Å². The van der Waals surface area contributed by atoms with Gasteiger partial charge in [-0.2, -0.15) is 0 Å². The lowest BCUT2D eigenvalue weighted by molar-refractivity contribution is -0.149. The predicted octanol–water partition coefficient (Wildman–Crippen LogP) is 3.63. The number of aliphatic carboxylic acids is 1. The molecule has 2 aromatic rings. The molecular formula is C24H28N2O5. The number of likely N-dealkylation sites (N-methyl/N-ethyl adjacent to an activating group) is 1. The highest BCUT2D eigenvalue weighted by Gasteiger charge is 2.29. The van der Waals surface area contributed by atoms with Gasteiger partial charge in [0, 0.05) is 24.9 Å². The quantitative estimate of drug-likeness (QED) is 0.675. The van der Waals surface area contributed by atoms with Crippen LogP contribution in [0, 0.1) is 0 Å². The van der Waals surface area contributed by atoms with Crippen LogP contribution < -0.4 is 5.32 Å². The van der Waals surface area contributed by atoms with E-state index >= 15 is 0 Å². The van der Waals surface area contributed by atoms with E-state index in [0.29, 0.717) is 0 Å². The summed E-state index contributed by atoms with van der Waals surface area (Å²) in [5.74, 6) is -1.43. The van der Waals surface area contributed by atoms with E-state index in [0.717, 1.165) is 22.3 Å². The van der Waals surface area contributed by atoms with Gasteiger partial charge in [-0.05, 0) is 43.0 Å². The van der Waals surface area contributed by atoms with Gasteiger partial charge in [-0.1, -0.05) is 48.5 Å². The van der Waals surface area contributed by atoms with Crippen LogP contribution in [0.4, 0.5) is 4.79 Å². The smallest absolute Gasteiger partial charge is 0.407 e. The number of carbonyl (C=O) groups is 3. The highest BCUT2D eigenvalue weighted by molar-refractivity contribution is 5.84. The minimum Gasteiger partial charge on any atom is -0.480 e. The second-order valence-corrected chi connectivity index (χ2v) is 7.77. The molecule has 1 unspecified atom stereocenters. The van der Waals surface area contributed by atoms with Crippen molar-refractivity contribution in [1.82, 2.24) is 10.2 Å². The third kappa shape index (κ3) is 4.87. The molecule has 164 valence electrons. The first-order valence-electron chi connectivity index (χ1n) is 10.5.